The average Bonchev–Trinajstić information content (AvgIpc) is 3.44. The van der Waals surface area contributed by atoms with Gasteiger partial charge in [0.15, 0.2) is 13.9 Å². The zero-order chi connectivity index (χ0) is 32.1. The minimum atomic E-state index is -2.90. The van der Waals surface area contributed by atoms with E-state index in [-0.39, 0.29) is 42.6 Å². The summed E-state index contributed by atoms with van der Waals surface area (Å²) in [6.07, 6.45) is 0.545. The van der Waals surface area contributed by atoms with Crippen LogP contribution in [0.2, 0.25) is 18.6 Å². The number of nitro groups is 1. The molecule has 3 heterocycles. The number of hydrazone groups is 1. The summed E-state index contributed by atoms with van der Waals surface area (Å²) in [7, 11) is -2.90. The Morgan fingerprint density at radius 3 is 2.42 bits per heavy atom. The second-order valence-corrected chi connectivity index (χ2v) is 16.5. The molecule has 4 atom stereocenters. The molecule has 1 fully saturated rings. The van der Waals surface area contributed by atoms with E-state index in [2.05, 4.69) is 5.10 Å². The van der Waals surface area contributed by atoms with Crippen LogP contribution in [0.1, 0.15) is 42.9 Å². The number of aliphatic hydroxyl groups is 1. The Bertz CT molecular complexity index is 1670. The molecule has 1 saturated heterocycles. The van der Waals surface area contributed by atoms with Crippen molar-refractivity contribution >= 4 is 42.9 Å². The number of anilines is 2. The van der Waals surface area contributed by atoms with Gasteiger partial charge in [0.2, 0.25) is 5.91 Å². The number of benzene rings is 3. The van der Waals surface area contributed by atoms with E-state index >= 15 is 0 Å². The van der Waals surface area contributed by atoms with Crippen LogP contribution < -0.4 is 9.91 Å². The molecule has 0 unspecified atom stereocenters. The van der Waals surface area contributed by atoms with Crippen molar-refractivity contribution < 1.29 is 29.2 Å². The minimum Gasteiger partial charge on any atom is -0.432 e. The Morgan fingerprint density at radius 1 is 1.07 bits per heavy atom. The van der Waals surface area contributed by atoms with Crippen LogP contribution in [0.5, 0.6) is 0 Å². The number of carbonyl (C=O) groups is 2. The highest BCUT2D eigenvalue weighted by Gasteiger charge is 2.66. The van der Waals surface area contributed by atoms with Crippen LogP contribution in [0, 0.1) is 16.0 Å². The second kappa shape index (κ2) is 11.6. The summed E-state index contributed by atoms with van der Waals surface area (Å²) < 4.78 is 6.54. The van der Waals surface area contributed by atoms with E-state index in [1.807, 2.05) is 49.4 Å². The largest absolute Gasteiger partial charge is 0.432 e. The molecule has 3 aliphatic heterocycles. The lowest BCUT2D eigenvalue weighted by Crippen LogP contribution is -2.46. The molecule has 0 aromatic heterocycles. The standard InChI is InChI=1S/C33H36N4O7Si/c1-21-31(45(2,3)43)29(17-18-38)44-33(21)26-19-25(37(41)42)13-15-28(26)35(32(33)40)20-22-9-11-24(12-10-22)36-30(39)16-14-27(34-36)23-7-5-4-6-8-23/h4-13,15,19,21,29,31,38,43H,14,16-18,20H2,1-3H3/t21-,29+,31-,33+/m0/s1. The van der Waals surface area contributed by atoms with Gasteiger partial charge in [0.1, 0.15) is 0 Å². The molecule has 3 aromatic rings. The molecule has 3 aromatic carbocycles. The lowest BCUT2D eigenvalue weighted by Gasteiger charge is -2.32. The zero-order valence-corrected chi connectivity index (χ0v) is 26.4. The summed E-state index contributed by atoms with van der Waals surface area (Å²) in [5, 5.41) is 27.6. The molecule has 2 N–H and O–H groups in total. The van der Waals surface area contributed by atoms with Crippen LogP contribution in [0.15, 0.2) is 77.9 Å². The van der Waals surface area contributed by atoms with Gasteiger partial charge in [-0.2, -0.15) is 5.10 Å². The fraction of sp³-hybridized carbons (Fsp3) is 0.364. The van der Waals surface area contributed by atoms with Gasteiger partial charge in [-0.3, -0.25) is 19.7 Å². The number of carbonyl (C=O) groups excluding carboxylic acids is 2. The van der Waals surface area contributed by atoms with E-state index in [4.69, 9.17) is 4.74 Å². The monoisotopic (exact) mass is 628 g/mol. The highest BCUT2D eigenvalue weighted by atomic mass is 28.4. The van der Waals surface area contributed by atoms with Gasteiger partial charge >= 0.3 is 0 Å². The summed E-state index contributed by atoms with van der Waals surface area (Å²) >= 11 is 0. The van der Waals surface area contributed by atoms with Crippen molar-refractivity contribution in [2.45, 2.75) is 63.1 Å². The molecule has 45 heavy (non-hydrogen) atoms. The highest BCUT2D eigenvalue weighted by Crippen LogP contribution is 2.60. The van der Waals surface area contributed by atoms with E-state index in [1.54, 1.807) is 36.2 Å². The number of non-ortho nitro benzene ring substituents is 1. The molecule has 6 rings (SSSR count). The predicted molar refractivity (Wildman–Crippen MR) is 171 cm³/mol. The third-order valence-corrected chi connectivity index (χ3v) is 11.8. The van der Waals surface area contributed by atoms with E-state index in [9.17, 15) is 29.6 Å². The first-order chi connectivity index (χ1) is 21.5. The minimum absolute atomic E-state index is 0.107. The van der Waals surface area contributed by atoms with Gasteiger partial charge in [0.25, 0.3) is 11.6 Å². The Morgan fingerprint density at radius 2 is 1.78 bits per heavy atom. The zero-order valence-electron chi connectivity index (χ0n) is 25.4. The fourth-order valence-corrected chi connectivity index (χ4v) is 9.85. The highest BCUT2D eigenvalue weighted by molar-refractivity contribution is 6.71. The maximum Gasteiger partial charge on any atom is 0.269 e. The number of aliphatic hydroxyl groups excluding tert-OH is 1. The molecule has 2 amide bonds. The van der Waals surface area contributed by atoms with Crippen LogP contribution in [0.3, 0.4) is 0 Å². The molecule has 0 saturated carbocycles. The van der Waals surface area contributed by atoms with Crippen molar-refractivity contribution in [1.82, 2.24) is 0 Å². The molecule has 0 radical (unpaired) electrons. The maximum absolute atomic E-state index is 14.5. The van der Waals surface area contributed by atoms with Gasteiger partial charge < -0.3 is 19.5 Å². The number of nitrogens with zero attached hydrogens (tertiary/aromatic N) is 4. The number of ether oxygens (including phenoxy) is 1. The molecular formula is C33H36N4O7Si. The third kappa shape index (κ3) is 5.27. The second-order valence-electron chi connectivity index (χ2n) is 12.5. The fourth-order valence-electron chi connectivity index (χ4n) is 7.25. The molecule has 0 bridgehead atoms. The van der Waals surface area contributed by atoms with Crippen molar-refractivity contribution in [3.8, 4) is 0 Å². The van der Waals surface area contributed by atoms with Gasteiger partial charge in [-0.1, -0.05) is 49.4 Å². The summed E-state index contributed by atoms with van der Waals surface area (Å²) in [5.74, 6) is -0.964. The molecule has 12 heteroatoms. The first-order valence-corrected chi connectivity index (χ1v) is 18.1. The van der Waals surface area contributed by atoms with E-state index in [0.717, 1.165) is 16.8 Å². The van der Waals surface area contributed by atoms with Crippen molar-refractivity contribution in [1.29, 1.82) is 0 Å². The smallest absolute Gasteiger partial charge is 0.269 e. The van der Waals surface area contributed by atoms with Gasteiger partial charge in [-0.25, -0.2) is 5.01 Å². The normalized spacial score (nSPS) is 24.7. The summed E-state index contributed by atoms with van der Waals surface area (Å²) in [6, 6.07) is 21.3. The molecule has 11 nitrogen and oxygen atoms in total. The molecular weight excluding hydrogens is 592 g/mol. The lowest BCUT2D eigenvalue weighted by molar-refractivity contribution is -0.385. The summed E-state index contributed by atoms with van der Waals surface area (Å²) in [5.41, 5.74) is 1.99. The molecule has 234 valence electrons. The van der Waals surface area contributed by atoms with Crippen LogP contribution in [0.25, 0.3) is 0 Å². The topological polar surface area (TPSA) is 146 Å². The number of amides is 2. The molecule has 3 aliphatic rings. The molecule has 0 aliphatic carbocycles. The van der Waals surface area contributed by atoms with Crippen LogP contribution >= 0.6 is 0 Å². The van der Waals surface area contributed by atoms with Gasteiger partial charge in [-0.05, 0) is 48.8 Å². The van der Waals surface area contributed by atoms with Crippen molar-refractivity contribution in [2.24, 2.45) is 11.0 Å². The Balaban J connectivity index is 1.33. The quantitative estimate of drug-likeness (QED) is 0.206. The van der Waals surface area contributed by atoms with E-state index < -0.39 is 30.9 Å². The number of rotatable bonds is 8. The Labute approximate surface area is 262 Å². The number of fused-ring (bicyclic) bond motifs is 2. The first-order valence-electron chi connectivity index (χ1n) is 15.1. The Kier molecular flexibility index (Phi) is 7.94. The van der Waals surface area contributed by atoms with Crippen molar-refractivity contribution in [3.05, 3.63) is 99.6 Å². The average molecular weight is 629 g/mol. The lowest BCUT2D eigenvalue weighted by atomic mass is 9.82. The predicted octanol–water partition coefficient (Wildman–Crippen LogP) is 4.85. The number of nitro benzene ring substituents is 1. The SMILES string of the molecule is C[C@H]1[C@H]([Si](C)(C)O)[C@@H](CCO)O[C@]12C(=O)N(Cc1ccc(N3N=C(c4ccccc4)CCC3=O)cc1)c1ccc([N+](=O)[O-])cc12. The Hall–Kier alpha value is -4.23. The van der Waals surface area contributed by atoms with E-state index in [1.165, 1.54) is 17.1 Å². The number of hydrogen-bond donors (Lipinski definition) is 2. The van der Waals surface area contributed by atoms with Crippen molar-refractivity contribution in [2.75, 3.05) is 16.5 Å². The van der Waals surface area contributed by atoms with Crippen molar-refractivity contribution in [3.63, 3.8) is 0 Å². The van der Waals surface area contributed by atoms with Crippen LogP contribution in [-0.4, -0.2) is 53.4 Å². The van der Waals surface area contributed by atoms with Gasteiger partial charge in [0.05, 0.1) is 34.7 Å². The third-order valence-electron chi connectivity index (χ3n) is 9.25. The van der Waals surface area contributed by atoms with E-state index in [0.29, 0.717) is 29.8 Å². The number of hydrogen-bond acceptors (Lipinski definition) is 8. The molecule has 1 spiro atoms. The van der Waals surface area contributed by atoms with Gasteiger partial charge in [-0.15, -0.1) is 0 Å². The van der Waals surface area contributed by atoms with Crippen LogP contribution in [-0.2, 0) is 26.5 Å². The summed E-state index contributed by atoms with van der Waals surface area (Å²) in [6.45, 7) is 5.40. The maximum atomic E-state index is 14.5. The first kappa shape index (κ1) is 30.8. The van der Waals surface area contributed by atoms with Crippen LogP contribution in [0.4, 0.5) is 17.1 Å². The summed E-state index contributed by atoms with van der Waals surface area (Å²) in [4.78, 5) is 51.4. The van der Waals surface area contributed by atoms with Gasteiger partial charge in [0, 0.05) is 48.6 Å².